The third-order valence-corrected chi connectivity index (χ3v) is 2.57. The molecule has 0 amide bonds. The summed E-state index contributed by atoms with van der Waals surface area (Å²) in [5.74, 6) is -2.16. The van der Waals surface area contributed by atoms with Crippen molar-refractivity contribution < 1.29 is 27.5 Å². The Kier molecular flexibility index (Phi) is 2.94. The second-order valence-electron chi connectivity index (χ2n) is 3.75. The van der Waals surface area contributed by atoms with Gasteiger partial charge >= 0.3 is 6.18 Å². The fourth-order valence-corrected chi connectivity index (χ4v) is 1.70. The zero-order valence-corrected chi connectivity index (χ0v) is 8.88. The van der Waals surface area contributed by atoms with Gasteiger partial charge in [0.2, 0.25) is 0 Å². The molecule has 1 aromatic carbocycles. The summed E-state index contributed by atoms with van der Waals surface area (Å²) in [6, 6.07) is 2.30. The highest BCUT2D eigenvalue weighted by Crippen LogP contribution is 2.32. The summed E-state index contributed by atoms with van der Waals surface area (Å²) in [5.41, 5.74) is -2.03. The van der Waals surface area contributed by atoms with E-state index in [0.717, 1.165) is 12.1 Å². The monoisotopic (exact) mass is 261 g/mol. The average Bonchev–Trinajstić information content (AvgIpc) is 2.28. The van der Waals surface area contributed by atoms with E-state index in [1.807, 2.05) is 0 Å². The van der Waals surface area contributed by atoms with Crippen LogP contribution in [-0.4, -0.2) is 22.8 Å². The van der Waals surface area contributed by atoms with Crippen molar-refractivity contribution >= 4 is 17.2 Å². The largest absolute Gasteiger partial charge is 0.436 e. The Morgan fingerprint density at radius 1 is 1.33 bits per heavy atom. The fraction of sp³-hybridized carbons (Fsp3) is 0.273. The lowest BCUT2D eigenvalue weighted by molar-refractivity contribution is -0.117. The van der Waals surface area contributed by atoms with Crippen molar-refractivity contribution in [3.63, 3.8) is 0 Å². The molecule has 96 valence electrons. The summed E-state index contributed by atoms with van der Waals surface area (Å²) < 4.78 is 51.0. The number of carbonyl (C=O) groups is 1. The van der Waals surface area contributed by atoms with Gasteiger partial charge in [-0.2, -0.15) is 13.2 Å². The average molecular weight is 261 g/mol. The Labute approximate surface area is 98.8 Å². The minimum absolute atomic E-state index is 0.0767. The number of benzene rings is 1. The zero-order chi connectivity index (χ0) is 13.5. The van der Waals surface area contributed by atoms with E-state index in [9.17, 15) is 22.4 Å². The summed E-state index contributed by atoms with van der Waals surface area (Å²) in [7, 11) is 0. The van der Waals surface area contributed by atoms with E-state index in [1.165, 1.54) is 0 Å². The molecular weight excluding hydrogens is 254 g/mol. The number of rotatable bonds is 1. The molecule has 3 nitrogen and oxygen atoms in total. The molecule has 0 aromatic heterocycles. The van der Waals surface area contributed by atoms with E-state index in [4.69, 9.17) is 5.11 Å². The lowest BCUT2D eigenvalue weighted by Gasteiger charge is -2.17. The first-order valence-corrected chi connectivity index (χ1v) is 4.94. The lowest BCUT2D eigenvalue weighted by Crippen LogP contribution is -2.34. The van der Waals surface area contributed by atoms with Gasteiger partial charge in [0.15, 0.2) is 11.5 Å². The van der Waals surface area contributed by atoms with Crippen molar-refractivity contribution in [1.29, 1.82) is 0 Å². The van der Waals surface area contributed by atoms with Crippen LogP contribution in [0.4, 0.5) is 23.2 Å². The molecule has 0 saturated carbocycles. The molecule has 0 saturated heterocycles. The summed E-state index contributed by atoms with van der Waals surface area (Å²) >= 11 is 0. The van der Waals surface area contributed by atoms with Crippen LogP contribution >= 0.6 is 0 Å². The first kappa shape index (κ1) is 12.7. The number of ketones is 1. The molecule has 7 heteroatoms. The number of aliphatic hydroxyl groups excluding tert-OH is 1. The first-order valence-electron chi connectivity index (χ1n) is 4.94. The van der Waals surface area contributed by atoms with Crippen molar-refractivity contribution in [2.45, 2.75) is 19.2 Å². The third kappa shape index (κ3) is 2.01. The Morgan fingerprint density at radius 2 is 2.00 bits per heavy atom. The topological polar surface area (TPSA) is 49.7 Å². The van der Waals surface area contributed by atoms with Gasteiger partial charge < -0.3 is 5.11 Å². The second kappa shape index (κ2) is 4.16. The highest BCUT2D eigenvalue weighted by atomic mass is 19.4. The van der Waals surface area contributed by atoms with Crippen LogP contribution in [0.15, 0.2) is 17.1 Å². The van der Waals surface area contributed by atoms with E-state index in [2.05, 4.69) is 4.99 Å². The Bertz CT molecular complexity index is 549. The van der Waals surface area contributed by atoms with Gasteiger partial charge in [0.1, 0.15) is 5.82 Å². The van der Waals surface area contributed by atoms with Crippen LogP contribution in [0, 0.1) is 5.82 Å². The predicted molar refractivity (Wildman–Crippen MR) is 54.2 cm³/mol. The summed E-state index contributed by atoms with van der Waals surface area (Å²) in [6.45, 7) is -0.594. The van der Waals surface area contributed by atoms with E-state index in [0.29, 0.717) is 0 Å². The smallest absolute Gasteiger partial charge is 0.392 e. The van der Waals surface area contributed by atoms with Gasteiger partial charge in [-0.25, -0.2) is 9.38 Å². The molecule has 0 aliphatic carbocycles. The molecule has 0 radical (unpaired) electrons. The molecule has 2 rings (SSSR count). The van der Waals surface area contributed by atoms with Gasteiger partial charge in [-0.05, 0) is 6.07 Å². The van der Waals surface area contributed by atoms with Crippen molar-refractivity contribution in [2.24, 2.45) is 4.99 Å². The number of aliphatic imine (C=N–C) groups is 1. The summed E-state index contributed by atoms with van der Waals surface area (Å²) in [6.07, 6.45) is -5.55. The van der Waals surface area contributed by atoms with E-state index in [1.54, 1.807) is 0 Å². The number of Topliss-reactive ketones (excluding diaryl/α,β-unsaturated/α-hetero) is 1. The molecule has 1 aliphatic heterocycles. The molecule has 18 heavy (non-hydrogen) atoms. The van der Waals surface area contributed by atoms with E-state index >= 15 is 0 Å². The van der Waals surface area contributed by atoms with E-state index in [-0.39, 0.29) is 16.8 Å². The number of aliphatic hydroxyl groups is 1. The zero-order valence-electron chi connectivity index (χ0n) is 8.88. The van der Waals surface area contributed by atoms with Crippen LogP contribution in [-0.2, 0) is 17.8 Å². The van der Waals surface area contributed by atoms with Crippen LogP contribution in [0.25, 0.3) is 0 Å². The maximum absolute atomic E-state index is 13.7. The summed E-state index contributed by atoms with van der Waals surface area (Å²) in [5, 5.41) is 8.83. The minimum atomic E-state index is -4.85. The number of hydrogen-bond donors (Lipinski definition) is 1. The van der Waals surface area contributed by atoms with Gasteiger partial charge in [0.25, 0.3) is 0 Å². The molecular formula is C11H7F4NO2. The molecule has 0 unspecified atom stereocenters. The van der Waals surface area contributed by atoms with Crippen molar-refractivity contribution in [3.05, 3.63) is 29.1 Å². The van der Waals surface area contributed by atoms with Crippen LogP contribution in [0.3, 0.4) is 0 Å². The predicted octanol–water partition coefficient (Wildman–Crippen LogP) is 2.08. The fourth-order valence-electron chi connectivity index (χ4n) is 1.70. The van der Waals surface area contributed by atoms with Crippen LogP contribution in [0.1, 0.15) is 11.1 Å². The molecule has 0 fully saturated rings. The number of fused-ring (bicyclic) bond motifs is 1. The van der Waals surface area contributed by atoms with Crippen molar-refractivity contribution in [1.82, 2.24) is 0 Å². The highest BCUT2D eigenvalue weighted by molar-refractivity contribution is 6.43. The molecule has 0 bridgehead atoms. The minimum Gasteiger partial charge on any atom is -0.392 e. The highest BCUT2D eigenvalue weighted by Gasteiger charge is 2.42. The van der Waals surface area contributed by atoms with Gasteiger partial charge in [-0.15, -0.1) is 0 Å². The van der Waals surface area contributed by atoms with E-state index < -0.39 is 36.5 Å². The first-order chi connectivity index (χ1) is 8.34. The molecule has 1 N–H and O–H groups in total. The maximum atomic E-state index is 13.7. The van der Waals surface area contributed by atoms with Gasteiger partial charge in [0.05, 0.1) is 12.3 Å². The van der Waals surface area contributed by atoms with Crippen LogP contribution in [0.5, 0.6) is 0 Å². The van der Waals surface area contributed by atoms with Gasteiger partial charge in [-0.3, -0.25) is 4.79 Å². The molecule has 0 atom stereocenters. The number of halogens is 4. The summed E-state index contributed by atoms with van der Waals surface area (Å²) in [4.78, 5) is 14.4. The maximum Gasteiger partial charge on any atom is 0.436 e. The second-order valence-corrected chi connectivity index (χ2v) is 3.75. The Hall–Kier alpha value is -1.76. The number of nitrogens with zero attached hydrogens (tertiary/aromatic N) is 1. The third-order valence-electron chi connectivity index (χ3n) is 2.57. The Morgan fingerprint density at radius 3 is 2.56 bits per heavy atom. The Balaban J connectivity index is 2.58. The van der Waals surface area contributed by atoms with Crippen LogP contribution in [0.2, 0.25) is 0 Å². The standard InChI is InChI=1S/C11H7F4NO2/c12-9-5(4-17)1-2-7-6(9)3-8(18)10(16-7)11(13,14)15/h1-2,17H,3-4H2. The molecule has 1 aliphatic rings. The molecule has 1 aromatic rings. The lowest BCUT2D eigenvalue weighted by atomic mass is 9.97. The van der Waals surface area contributed by atoms with Gasteiger partial charge in [-0.1, -0.05) is 6.07 Å². The SMILES string of the molecule is O=C1Cc2c(ccc(CO)c2F)N=C1C(F)(F)F. The molecule has 0 spiro atoms. The van der Waals surface area contributed by atoms with Gasteiger partial charge in [0, 0.05) is 17.5 Å². The number of carbonyl (C=O) groups excluding carboxylic acids is 1. The van der Waals surface area contributed by atoms with Crippen molar-refractivity contribution in [3.8, 4) is 0 Å². The molecule has 1 heterocycles. The normalized spacial score (nSPS) is 15.4. The number of hydrogen-bond acceptors (Lipinski definition) is 3. The quantitative estimate of drug-likeness (QED) is 0.787. The van der Waals surface area contributed by atoms with Crippen LogP contribution < -0.4 is 0 Å². The number of alkyl halides is 3. The van der Waals surface area contributed by atoms with Crippen molar-refractivity contribution in [2.75, 3.05) is 0 Å².